The van der Waals surface area contributed by atoms with Crippen LogP contribution >= 0.6 is 11.6 Å². The van der Waals surface area contributed by atoms with Crippen LogP contribution in [-0.4, -0.2) is 37.0 Å². The average Bonchev–Trinajstić information content (AvgIpc) is 2.43. The van der Waals surface area contributed by atoms with Crippen LogP contribution in [0, 0.1) is 0 Å². The SMILES string of the molecule is CCCCCCCC[N+](C)(CCCCC)CCCCCl.[Cl-]. The molecule has 3 heteroatoms. The molecular formula is C18H39Cl2N. The molecule has 0 aliphatic rings. The van der Waals surface area contributed by atoms with Crippen molar-refractivity contribution in [3.63, 3.8) is 0 Å². The third-order valence-electron chi connectivity index (χ3n) is 4.43. The Bertz CT molecular complexity index is 188. The lowest BCUT2D eigenvalue weighted by molar-refractivity contribution is -0.910. The van der Waals surface area contributed by atoms with E-state index in [1.165, 1.54) is 94.7 Å². The van der Waals surface area contributed by atoms with Crippen molar-refractivity contribution in [3.8, 4) is 0 Å². The number of hydrogen-bond donors (Lipinski definition) is 0. The number of halogens is 2. The van der Waals surface area contributed by atoms with Crippen LogP contribution in [0.3, 0.4) is 0 Å². The molecule has 1 unspecified atom stereocenters. The molecule has 0 amide bonds. The molecule has 0 aromatic rings. The van der Waals surface area contributed by atoms with Crippen molar-refractivity contribution in [2.45, 2.75) is 84.5 Å². The van der Waals surface area contributed by atoms with Gasteiger partial charge in [0.1, 0.15) is 0 Å². The lowest BCUT2D eigenvalue weighted by atomic mass is 10.1. The normalized spacial score (nSPS) is 13.7. The minimum atomic E-state index is 0. The van der Waals surface area contributed by atoms with Crippen LogP contribution < -0.4 is 12.4 Å². The number of quaternary nitrogens is 1. The molecule has 0 aliphatic heterocycles. The highest BCUT2D eigenvalue weighted by molar-refractivity contribution is 6.17. The van der Waals surface area contributed by atoms with Crippen molar-refractivity contribution in [2.75, 3.05) is 32.6 Å². The molecule has 0 saturated carbocycles. The molecular weight excluding hydrogens is 301 g/mol. The highest BCUT2D eigenvalue weighted by Gasteiger charge is 2.19. The second kappa shape index (κ2) is 16.9. The third-order valence-corrected chi connectivity index (χ3v) is 4.70. The quantitative estimate of drug-likeness (QED) is 0.244. The summed E-state index contributed by atoms with van der Waals surface area (Å²) in [6.45, 7) is 8.65. The fourth-order valence-corrected chi connectivity index (χ4v) is 3.13. The van der Waals surface area contributed by atoms with Crippen LogP contribution in [0.5, 0.6) is 0 Å². The first-order valence-corrected chi connectivity index (χ1v) is 9.61. The van der Waals surface area contributed by atoms with Crippen LogP contribution in [0.25, 0.3) is 0 Å². The maximum atomic E-state index is 5.83. The Morgan fingerprint density at radius 2 is 1.00 bits per heavy atom. The molecule has 0 bridgehead atoms. The van der Waals surface area contributed by atoms with Crippen molar-refractivity contribution in [1.82, 2.24) is 0 Å². The zero-order valence-electron chi connectivity index (χ0n) is 14.8. The van der Waals surface area contributed by atoms with E-state index < -0.39 is 0 Å². The molecule has 0 rings (SSSR count). The first kappa shape index (κ1) is 23.8. The minimum Gasteiger partial charge on any atom is -1.00 e. The van der Waals surface area contributed by atoms with Gasteiger partial charge in [-0.25, -0.2) is 0 Å². The molecule has 1 nitrogen and oxygen atoms in total. The smallest absolute Gasteiger partial charge is 0.0784 e. The van der Waals surface area contributed by atoms with E-state index in [2.05, 4.69) is 20.9 Å². The number of alkyl halides is 1. The van der Waals surface area contributed by atoms with E-state index in [-0.39, 0.29) is 12.4 Å². The van der Waals surface area contributed by atoms with Gasteiger partial charge in [-0.3, -0.25) is 0 Å². The number of rotatable bonds is 15. The Hall–Kier alpha value is 0.540. The minimum absolute atomic E-state index is 0. The number of nitrogens with zero attached hydrogens (tertiary/aromatic N) is 1. The molecule has 0 fully saturated rings. The lowest BCUT2D eigenvalue weighted by Crippen LogP contribution is -3.00. The molecule has 130 valence electrons. The topological polar surface area (TPSA) is 0 Å². The molecule has 0 heterocycles. The fraction of sp³-hybridized carbons (Fsp3) is 1.00. The Labute approximate surface area is 145 Å². The number of unbranched alkanes of at least 4 members (excludes halogenated alkanes) is 8. The fourth-order valence-electron chi connectivity index (χ4n) is 2.94. The maximum Gasteiger partial charge on any atom is 0.0784 e. The largest absolute Gasteiger partial charge is 1.00 e. The summed E-state index contributed by atoms with van der Waals surface area (Å²) in [6, 6.07) is 0. The summed E-state index contributed by atoms with van der Waals surface area (Å²) in [5, 5.41) is 0. The summed E-state index contributed by atoms with van der Waals surface area (Å²) >= 11 is 5.83. The summed E-state index contributed by atoms with van der Waals surface area (Å²) in [4.78, 5) is 0. The van der Waals surface area contributed by atoms with E-state index in [1.54, 1.807) is 0 Å². The second-order valence-corrected chi connectivity index (χ2v) is 7.04. The van der Waals surface area contributed by atoms with E-state index in [0.29, 0.717) is 0 Å². The zero-order chi connectivity index (χ0) is 15.1. The maximum absolute atomic E-state index is 5.83. The van der Waals surface area contributed by atoms with Crippen molar-refractivity contribution >= 4 is 11.6 Å². The molecule has 1 atom stereocenters. The molecule has 21 heavy (non-hydrogen) atoms. The summed E-state index contributed by atoms with van der Waals surface area (Å²) < 4.78 is 1.28. The zero-order valence-corrected chi connectivity index (χ0v) is 16.3. The van der Waals surface area contributed by atoms with Crippen molar-refractivity contribution in [3.05, 3.63) is 0 Å². The van der Waals surface area contributed by atoms with E-state index in [9.17, 15) is 0 Å². The highest BCUT2D eigenvalue weighted by Crippen LogP contribution is 2.14. The molecule has 0 N–H and O–H groups in total. The Balaban J connectivity index is 0. The van der Waals surface area contributed by atoms with Gasteiger partial charge >= 0.3 is 0 Å². The van der Waals surface area contributed by atoms with Crippen molar-refractivity contribution < 1.29 is 16.9 Å². The second-order valence-electron chi connectivity index (χ2n) is 6.66. The third kappa shape index (κ3) is 15.2. The van der Waals surface area contributed by atoms with Gasteiger partial charge in [0.25, 0.3) is 0 Å². The predicted octanol–water partition coefficient (Wildman–Crippen LogP) is 3.01. The predicted molar refractivity (Wildman–Crippen MR) is 93.6 cm³/mol. The number of hydrogen-bond acceptors (Lipinski definition) is 0. The van der Waals surface area contributed by atoms with Gasteiger partial charge in [-0.2, -0.15) is 0 Å². The summed E-state index contributed by atoms with van der Waals surface area (Å²) in [6.07, 6.45) is 15.1. The summed E-state index contributed by atoms with van der Waals surface area (Å²) in [5.41, 5.74) is 0. The van der Waals surface area contributed by atoms with Crippen LogP contribution in [0.1, 0.15) is 84.5 Å². The van der Waals surface area contributed by atoms with Gasteiger partial charge in [-0.15, -0.1) is 11.6 Å². The van der Waals surface area contributed by atoms with Gasteiger partial charge in [0.05, 0.1) is 26.7 Å². The Morgan fingerprint density at radius 3 is 1.52 bits per heavy atom. The molecule has 0 radical (unpaired) electrons. The van der Waals surface area contributed by atoms with Crippen LogP contribution in [0.2, 0.25) is 0 Å². The van der Waals surface area contributed by atoms with Gasteiger partial charge in [-0.1, -0.05) is 46.0 Å². The molecule has 0 aromatic heterocycles. The Kier molecular flexibility index (Phi) is 19.2. The molecule has 0 saturated heterocycles. The summed E-state index contributed by atoms with van der Waals surface area (Å²) in [5.74, 6) is 0.825. The van der Waals surface area contributed by atoms with Gasteiger partial charge < -0.3 is 16.9 Å². The van der Waals surface area contributed by atoms with Gasteiger partial charge in [0.15, 0.2) is 0 Å². The monoisotopic (exact) mass is 339 g/mol. The highest BCUT2D eigenvalue weighted by atomic mass is 35.5. The first-order valence-electron chi connectivity index (χ1n) is 9.08. The Morgan fingerprint density at radius 1 is 0.619 bits per heavy atom. The lowest BCUT2D eigenvalue weighted by Gasteiger charge is -2.35. The van der Waals surface area contributed by atoms with Crippen molar-refractivity contribution in [2.24, 2.45) is 0 Å². The van der Waals surface area contributed by atoms with Crippen LogP contribution in [0.15, 0.2) is 0 Å². The van der Waals surface area contributed by atoms with Crippen LogP contribution in [0.4, 0.5) is 0 Å². The van der Waals surface area contributed by atoms with Crippen molar-refractivity contribution in [1.29, 1.82) is 0 Å². The standard InChI is InChI=1S/C18H39ClN.ClH/c1-4-6-8-9-10-13-17-20(3,16-12-7-5-2)18-14-11-15-19;/h4-18H2,1-3H3;1H/q+1;/p-1. The van der Waals surface area contributed by atoms with Gasteiger partial charge in [0.2, 0.25) is 0 Å². The molecule has 0 spiro atoms. The summed E-state index contributed by atoms with van der Waals surface area (Å²) in [7, 11) is 2.47. The van der Waals surface area contributed by atoms with E-state index >= 15 is 0 Å². The van der Waals surface area contributed by atoms with E-state index in [0.717, 1.165) is 5.88 Å². The average molecular weight is 340 g/mol. The molecule has 0 aromatic carbocycles. The van der Waals surface area contributed by atoms with E-state index in [4.69, 9.17) is 11.6 Å². The van der Waals surface area contributed by atoms with Gasteiger partial charge in [-0.05, 0) is 38.5 Å². The van der Waals surface area contributed by atoms with E-state index in [1.807, 2.05) is 0 Å². The van der Waals surface area contributed by atoms with Gasteiger partial charge in [0, 0.05) is 5.88 Å². The molecule has 0 aliphatic carbocycles. The van der Waals surface area contributed by atoms with Crippen LogP contribution in [-0.2, 0) is 0 Å². The first-order chi connectivity index (χ1) is 9.68.